The Morgan fingerprint density at radius 1 is 1.33 bits per heavy atom. The number of piperidine rings is 1. The lowest BCUT2D eigenvalue weighted by Gasteiger charge is -2.32. The highest BCUT2D eigenvalue weighted by Crippen LogP contribution is 2.17. The minimum Gasteiger partial charge on any atom is -0.484 e. The van der Waals surface area contributed by atoms with E-state index in [1.807, 2.05) is 4.90 Å². The van der Waals surface area contributed by atoms with Crippen LogP contribution in [-0.2, 0) is 4.79 Å². The van der Waals surface area contributed by atoms with Gasteiger partial charge in [0, 0.05) is 13.1 Å². The van der Waals surface area contributed by atoms with E-state index in [0.717, 1.165) is 39.0 Å². The maximum absolute atomic E-state index is 12.8. The van der Waals surface area contributed by atoms with E-state index >= 15 is 0 Å². The van der Waals surface area contributed by atoms with E-state index in [2.05, 4.69) is 12.2 Å². The van der Waals surface area contributed by atoms with Gasteiger partial charge in [0.1, 0.15) is 11.6 Å². The molecule has 0 unspecified atom stereocenters. The Morgan fingerprint density at radius 2 is 2.00 bits per heavy atom. The summed E-state index contributed by atoms with van der Waals surface area (Å²) in [5, 5.41) is 3.35. The lowest BCUT2D eigenvalue weighted by atomic mass is 9.97. The van der Waals surface area contributed by atoms with E-state index in [-0.39, 0.29) is 18.3 Å². The number of benzene rings is 1. The number of hydrogen-bond donors (Lipinski definition) is 1. The van der Waals surface area contributed by atoms with Crippen LogP contribution in [-0.4, -0.2) is 43.6 Å². The molecular formula is C16H23FN2O2. The van der Waals surface area contributed by atoms with Crippen LogP contribution in [0.3, 0.4) is 0 Å². The third kappa shape index (κ3) is 5.01. The molecular weight excluding hydrogens is 271 g/mol. The predicted molar refractivity (Wildman–Crippen MR) is 79.7 cm³/mol. The number of hydrogen-bond acceptors (Lipinski definition) is 3. The molecule has 0 atom stereocenters. The summed E-state index contributed by atoms with van der Waals surface area (Å²) >= 11 is 0. The molecule has 4 nitrogen and oxygen atoms in total. The minimum absolute atomic E-state index is 0.00113. The van der Waals surface area contributed by atoms with Gasteiger partial charge in [-0.1, -0.05) is 6.92 Å². The average Bonchev–Trinajstić information content (AvgIpc) is 2.52. The van der Waals surface area contributed by atoms with Crippen LogP contribution in [0.5, 0.6) is 5.75 Å². The van der Waals surface area contributed by atoms with Gasteiger partial charge in [-0.05, 0) is 56.1 Å². The summed E-state index contributed by atoms with van der Waals surface area (Å²) in [7, 11) is 0. The van der Waals surface area contributed by atoms with E-state index < -0.39 is 0 Å². The second kappa shape index (κ2) is 7.98. The highest BCUT2D eigenvalue weighted by atomic mass is 19.1. The number of likely N-dealkylation sites (tertiary alicyclic amines) is 1. The van der Waals surface area contributed by atoms with Crippen molar-refractivity contribution in [2.45, 2.75) is 19.8 Å². The molecule has 116 valence electrons. The summed E-state index contributed by atoms with van der Waals surface area (Å²) in [6.07, 6.45) is 2.07. The Kier molecular flexibility index (Phi) is 5.99. The standard InChI is InChI=1S/C16H23FN2O2/c1-2-18-11-13-7-9-19(10-8-13)16(20)12-21-15-5-3-14(17)4-6-15/h3-6,13,18H,2,7-12H2,1H3. The SMILES string of the molecule is CCNCC1CCN(C(=O)COc2ccc(F)cc2)CC1. The van der Waals surface area contributed by atoms with Crippen LogP contribution in [0.2, 0.25) is 0 Å². The first-order valence-electron chi connectivity index (χ1n) is 7.56. The fourth-order valence-electron chi connectivity index (χ4n) is 2.50. The van der Waals surface area contributed by atoms with Crippen LogP contribution >= 0.6 is 0 Å². The molecule has 1 aromatic carbocycles. The summed E-state index contributed by atoms with van der Waals surface area (Å²) in [6.45, 7) is 5.73. The van der Waals surface area contributed by atoms with E-state index in [9.17, 15) is 9.18 Å². The smallest absolute Gasteiger partial charge is 0.260 e. The quantitative estimate of drug-likeness (QED) is 0.873. The molecule has 0 bridgehead atoms. The number of nitrogens with zero attached hydrogens (tertiary/aromatic N) is 1. The third-order valence-electron chi connectivity index (χ3n) is 3.83. The van der Waals surface area contributed by atoms with Crippen molar-refractivity contribution in [1.82, 2.24) is 10.2 Å². The Labute approximate surface area is 125 Å². The van der Waals surface area contributed by atoms with Crippen molar-refractivity contribution in [3.63, 3.8) is 0 Å². The Bertz CT molecular complexity index is 442. The monoisotopic (exact) mass is 294 g/mol. The summed E-state index contributed by atoms with van der Waals surface area (Å²) in [5.41, 5.74) is 0. The fourth-order valence-corrected chi connectivity index (χ4v) is 2.50. The maximum atomic E-state index is 12.8. The van der Waals surface area contributed by atoms with Crippen LogP contribution in [0.25, 0.3) is 0 Å². The third-order valence-corrected chi connectivity index (χ3v) is 3.83. The molecule has 5 heteroatoms. The van der Waals surface area contributed by atoms with E-state index in [1.165, 1.54) is 24.3 Å². The van der Waals surface area contributed by atoms with Crippen LogP contribution in [0.4, 0.5) is 4.39 Å². The topological polar surface area (TPSA) is 41.6 Å². The second-order valence-corrected chi connectivity index (χ2v) is 5.37. The number of carbonyl (C=O) groups is 1. The molecule has 1 heterocycles. The molecule has 1 aromatic rings. The molecule has 1 aliphatic rings. The summed E-state index contributed by atoms with van der Waals surface area (Å²) in [4.78, 5) is 13.9. The van der Waals surface area contributed by atoms with Crippen molar-refractivity contribution < 1.29 is 13.9 Å². The molecule has 1 amide bonds. The lowest BCUT2D eigenvalue weighted by molar-refractivity contribution is -0.134. The Hall–Kier alpha value is -1.62. The highest BCUT2D eigenvalue weighted by Gasteiger charge is 2.22. The fraction of sp³-hybridized carbons (Fsp3) is 0.562. The molecule has 2 rings (SSSR count). The van der Waals surface area contributed by atoms with Gasteiger partial charge in [0.2, 0.25) is 0 Å². The van der Waals surface area contributed by atoms with Crippen molar-refractivity contribution in [3.05, 3.63) is 30.1 Å². The lowest BCUT2D eigenvalue weighted by Crippen LogP contribution is -2.42. The van der Waals surface area contributed by atoms with E-state index in [1.54, 1.807) is 0 Å². The van der Waals surface area contributed by atoms with Gasteiger partial charge in [0.15, 0.2) is 6.61 Å². The first-order chi connectivity index (χ1) is 10.2. The van der Waals surface area contributed by atoms with Crippen LogP contribution in [0.15, 0.2) is 24.3 Å². The number of rotatable bonds is 6. The Morgan fingerprint density at radius 3 is 2.62 bits per heavy atom. The van der Waals surface area contributed by atoms with Crippen molar-refractivity contribution in [3.8, 4) is 5.75 Å². The maximum Gasteiger partial charge on any atom is 0.260 e. The van der Waals surface area contributed by atoms with Crippen molar-refractivity contribution in [1.29, 1.82) is 0 Å². The van der Waals surface area contributed by atoms with Gasteiger partial charge in [0.05, 0.1) is 0 Å². The second-order valence-electron chi connectivity index (χ2n) is 5.37. The molecule has 0 spiro atoms. The van der Waals surface area contributed by atoms with Gasteiger partial charge in [-0.3, -0.25) is 4.79 Å². The van der Waals surface area contributed by atoms with Gasteiger partial charge in [-0.25, -0.2) is 4.39 Å². The predicted octanol–water partition coefficient (Wildman–Crippen LogP) is 2.05. The van der Waals surface area contributed by atoms with Crippen LogP contribution in [0.1, 0.15) is 19.8 Å². The summed E-state index contributed by atoms with van der Waals surface area (Å²) < 4.78 is 18.2. The van der Waals surface area contributed by atoms with Crippen LogP contribution in [0, 0.1) is 11.7 Å². The zero-order valence-corrected chi connectivity index (χ0v) is 12.5. The summed E-state index contributed by atoms with van der Waals surface area (Å²) in [5.74, 6) is 0.872. The summed E-state index contributed by atoms with van der Waals surface area (Å²) in [6, 6.07) is 5.72. The largest absolute Gasteiger partial charge is 0.484 e. The molecule has 0 aliphatic carbocycles. The van der Waals surface area contributed by atoms with Gasteiger partial charge in [-0.15, -0.1) is 0 Å². The number of carbonyl (C=O) groups excluding carboxylic acids is 1. The number of nitrogens with one attached hydrogen (secondary N) is 1. The van der Waals surface area contributed by atoms with Gasteiger partial charge >= 0.3 is 0 Å². The molecule has 1 N–H and O–H groups in total. The molecule has 1 aliphatic heterocycles. The Balaban J connectivity index is 1.71. The normalized spacial score (nSPS) is 16.0. The number of halogens is 1. The zero-order valence-electron chi connectivity index (χ0n) is 12.5. The molecule has 0 aromatic heterocycles. The molecule has 1 fully saturated rings. The molecule has 21 heavy (non-hydrogen) atoms. The first kappa shape index (κ1) is 15.8. The van der Waals surface area contributed by atoms with Crippen molar-refractivity contribution in [2.75, 3.05) is 32.8 Å². The van der Waals surface area contributed by atoms with Crippen LogP contribution < -0.4 is 10.1 Å². The van der Waals surface area contributed by atoms with E-state index in [0.29, 0.717) is 11.7 Å². The average molecular weight is 294 g/mol. The van der Waals surface area contributed by atoms with Gasteiger partial charge in [-0.2, -0.15) is 0 Å². The highest BCUT2D eigenvalue weighted by molar-refractivity contribution is 5.77. The molecule has 0 saturated carbocycles. The van der Waals surface area contributed by atoms with Crippen molar-refractivity contribution >= 4 is 5.91 Å². The number of ether oxygens (including phenoxy) is 1. The zero-order chi connectivity index (χ0) is 15.1. The first-order valence-corrected chi connectivity index (χ1v) is 7.56. The van der Waals surface area contributed by atoms with Gasteiger partial charge in [0.25, 0.3) is 5.91 Å². The van der Waals surface area contributed by atoms with E-state index in [4.69, 9.17) is 4.74 Å². The van der Waals surface area contributed by atoms with Gasteiger partial charge < -0.3 is 15.0 Å². The van der Waals surface area contributed by atoms with Crippen molar-refractivity contribution in [2.24, 2.45) is 5.92 Å². The molecule has 1 saturated heterocycles. The number of amides is 1. The molecule has 0 radical (unpaired) electrons. The minimum atomic E-state index is -0.309.